The van der Waals surface area contributed by atoms with Gasteiger partial charge in [0.05, 0.1) is 6.10 Å². The summed E-state index contributed by atoms with van der Waals surface area (Å²) in [5.41, 5.74) is 0. The monoisotopic (exact) mass is 277 g/mol. The first-order valence-electron chi connectivity index (χ1n) is 6.15. The Hall–Kier alpha value is 0.400. The molecule has 0 radical (unpaired) electrons. The third-order valence-corrected chi connectivity index (χ3v) is 3.63. The maximum absolute atomic E-state index is 5.65. The van der Waals surface area contributed by atoms with Gasteiger partial charge in [-0.1, -0.05) is 15.9 Å². The number of halogens is 1. The topological polar surface area (TPSA) is 12.5 Å². The van der Waals surface area contributed by atoms with E-state index in [4.69, 9.17) is 4.74 Å². The lowest BCUT2D eigenvalue weighted by Gasteiger charge is -2.27. The molecule has 0 aromatic rings. The minimum atomic E-state index is 0.537. The molecule has 0 aromatic carbocycles. The third kappa shape index (κ3) is 5.32. The second kappa shape index (κ2) is 7.64. The van der Waals surface area contributed by atoms with Gasteiger partial charge in [-0.05, 0) is 46.1 Å². The minimum absolute atomic E-state index is 0.537. The molecule has 1 aliphatic heterocycles. The Balaban J connectivity index is 2.17. The van der Waals surface area contributed by atoms with Gasteiger partial charge in [-0.25, -0.2) is 0 Å². The molecule has 1 rings (SSSR count). The summed E-state index contributed by atoms with van der Waals surface area (Å²) < 4.78 is 5.65. The van der Waals surface area contributed by atoms with E-state index in [1.165, 1.54) is 38.8 Å². The molecule has 15 heavy (non-hydrogen) atoms. The Kier molecular flexibility index (Phi) is 6.86. The summed E-state index contributed by atoms with van der Waals surface area (Å²) in [6.07, 6.45) is 5.51. The van der Waals surface area contributed by atoms with E-state index in [1.54, 1.807) is 0 Å². The van der Waals surface area contributed by atoms with Crippen LogP contribution in [0.1, 0.15) is 39.5 Å². The Morgan fingerprint density at radius 3 is 2.73 bits per heavy atom. The SMILES string of the molecule is CC(C)N(CCCBr)CCC1CCCO1. The molecule has 0 saturated carbocycles. The van der Waals surface area contributed by atoms with Crippen molar-refractivity contribution in [3.63, 3.8) is 0 Å². The zero-order valence-corrected chi connectivity index (χ0v) is 11.6. The molecule has 1 fully saturated rings. The average molecular weight is 278 g/mol. The fraction of sp³-hybridized carbons (Fsp3) is 1.00. The summed E-state index contributed by atoms with van der Waals surface area (Å²) in [4.78, 5) is 2.56. The number of hydrogen-bond donors (Lipinski definition) is 0. The molecule has 0 amide bonds. The first-order chi connectivity index (χ1) is 7.24. The van der Waals surface area contributed by atoms with Crippen LogP contribution in [-0.2, 0) is 4.74 Å². The molecule has 2 nitrogen and oxygen atoms in total. The second-order valence-corrected chi connectivity index (χ2v) is 5.39. The highest BCUT2D eigenvalue weighted by atomic mass is 79.9. The zero-order chi connectivity index (χ0) is 11.1. The zero-order valence-electron chi connectivity index (χ0n) is 10.0. The van der Waals surface area contributed by atoms with Crippen molar-refractivity contribution in [1.82, 2.24) is 4.90 Å². The standard InChI is InChI=1S/C12H24BrNO/c1-11(2)14(8-4-7-13)9-6-12-5-3-10-15-12/h11-12H,3-10H2,1-2H3. The number of nitrogens with zero attached hydrogens (tertiary/aromatic N) is 1. The van der Waals surface area contributed by atoms with Crippen molar-refractivity contribution in [2.75, 3.05) is 25.0 Å². The molecule has 0 N–H and O–H groups in total. The molecule has 1 heterocycles. The minimum Gasteiger partial charge on any atom is -0.378 e. The van der Waals surface area contributed by atoms with Gasteiger partial charge in [0.2, 0.25) is 0 Å². The Morgan fingerprint density at radius 2 is 2.20 bits per heavy atom. The molecular formula is C12H24BrNO. The summed E-state index contributed by atoms with van der Waals surface area (Å²) in [7, 11) is 0. The summed E-state index contributed by atoms with van der Waals surface area (Å²) in [5.74, 6) is 0. The van der Waals surface area contributed by atoms with Gasteiger partial charge in [-0.3, -0.25) is 0 Å². The van der Waals surface area contributed by atoms with Crippen LogP contribution in [0, 0.1) is 0 Å². The van der Waals surface area contributed by atoms with E-state index in [0.29, 0.717) is 12.1 Å². The van der Waals surface area contributed by atoms with E-state index >= 15 is 0 Å². The highest BCUT2D eigenvalue weighted by Crippen LogP contribution is 2.16. The highest BCUT2D eigenvalue weighted by molar-refractivity contribution is 9.09. The van der Waals surface area contributed by atoms with Crippen molar-refractivity contribution in [2.45, 2.75) is 51.7 Å². The molecule has 0 aromatic heterocycles. The fourth-order valence-corrected chi connectivity index (χ4v) is 2.32. The molecule has 0 bridgehead atoms. The quantitative estimate of drug-likeness (QED) is 0.664. The van der Waals surface area contributed by atoms with Gasteiger partial charge in [0.25, 0.3) is 0 Å². The van der Waals surface area contributed by atoms with Crippen molar-refractivity contribution in [3.8, 4) is 0 Å². The fourth-order valence-electron chi connectivity index (χ4n) is 2.07. The number of alkyl halides is 1. The van der Waals surface area contributed by atoms with E-state index in [1.807, 2.05) is 0 Å². The van der Waals surface area contributed by atoms with E-state index in [2.05, 4.69) is 34.7 Å². The van der Waals surface area contributed by atoms with Gasteiger partial charge in [-0.2, -0.15) is 0 Å². The summed E-state index contributed by atoms with van der Waals surface area (Å²) in [5, 5.41) is 1.11. The maximum Gasteiger partial charge on any atom is 0.0588 e. The van der Waals surface area contributed by atoms with Gasteiger partial charge in [0.1, 0.15) is 0 Å². The molecule has 90 valence electrons. The Bertz CT molecular complexity index is 158. The number of hydrogen-bond acceptors (Lipinski definition) is 2. The van der Waals surface area contributed by atoms with Crippen LogP contribution in [0.2, 0.25) is 0 Å². The van der Waals surface area contributed by atoms with Crippen LogP contribution in [0.5, 0.6) is 0 Å². The van der Waals surface area contributed by atoms with Gasteiger partial charge in [0.15, 0.2) is 0 Å². The number of ether oxygens (including phenoxy) is 1. The number of rotatable bonds is 7. The van der Waals surface area contributed by atoms with E-state index in [-0.39, 0.29) is 0 Å². The maximum atomic E-state index is 5.65. The molecule has 0 aliphatic carbocycles. The Labute approximate surface area is 102 Å². The average Bonchev–Trinajstić information content (AvgIpc) is 2.70. The van der Waals surface area contributed by atoms with Crippen molar-refractivity contribution < 1.29 is 4.74 Å². The van der Waals surface area contributed by atoms with Crippen LogP contribution < -0.4 is 0 Å². The lowest BCUT2D eigenvalue weighted by Crippen LogP contribution is -2.34. The highest BCUT2D eigenvalue weighted by Gasteiger charge is 2.17. The van der Waals surface area contributed by atoms with Crippen molar-refractivity contribution >= 4 is 15.9 Å². The predicted molar refractivity (Wildman–Crippen MR) is 68.7 cm³/mol. The largest absolute Gasteiger partial charge is 0.378 e. The summed E-state index contributed by atoms with van der Waals surface area (Å²) in [6.45, 7) is 7.94. The van der Waals surface area contributed by atoms with Crippen LogP contribution in [0.25, 0.3) is 0 Å². The van der Waals surface area contributed by atoms with Gasteiger partial charge in [-0.15, -0.1) is 0 Å². The first kappa shape index (κ1) is 13.5. The van der Waals surface area contributed by atoms with Crippen LogP contribution in [-0.4, -0.2) is 42.1 Å². The lowest BCUT2D eigenvalue weighted by molar-refractivity contribution is 0.0872. The molecule has 0 spiro atoms. The van der Waals surface area contributed by atoms with Crippen LogP contribution in [0.3, 0.4) is 0 Å². The van der Waals surface area contributed by atoms with Gasteiger partial charge in [0, 0.05) is 24.5 Å². The van der Waals surface area contributed by atoms with Crippen molar-refractivity contribution in [3.05, 3.63) is 0 Å². The molecular weight excluding hydrogens is 254 g/mol. The normalized spacial score (nSPS) is 21.8. The smallest absolute Gasteiger partial charge is 0.0588 e. The van der Waals surface area contributed by atoms with Crippen LogP contribution >= 0.6 is 15.9 Å². The summed E-state index contributed by atoms with van der Waals surface area (Å²) >= 11 is 3.49. The third-order valence-electron chi connectivity index (χ3n) is 3.07. The van der Waals surface area contributed by atoms with Crippen LogP contribution in [0.15, 0.2) is 0 Å². The van der Waals surface area contributed by atoms with Crippen molar-refractivity contribution in [1.29, 1.82) is 0 Å². The van der Waals surface area contributed by atoms with Crippen molar-refractivity contribution in [2.24, 2.45) is 0 Å². The van der Waals surface area contributed by atoms with E-state index < -0.39 is 0 Å². The van der Waals surface area contributed by atoms with E-state index in [0.717, 1.165) is 11.9 Å². The molecule has 1 aliphatic rings. The Morgan fingerprint density at radius 1 is 1.40 bits per heavy atom. The molecule has 1 saturated heterocycles. The second-order valence-electron chi connectivity index (χ2n) is 4.60. The molecule has 1 atom stereocenters. The van der Waals surface area contributed by atoms with E-state index in [9.17, 15) is 0 Å². The van der Waals surface area contributed by atoms with Gasteiger partial charge >= 0.3 is 0 Å². The van der Waals surface area contributed by atoms with Gasteiger partial charge < -0.3 is 9.64 Å². The lowest BCUT2D eigenvalue weighted by atomic mass is 10.1. The summed E-state index contributed by atoms with van der Waals surface area (Å²) in [6, 6.07) is 0.658. The van der Waals surface area contributed by atoms with Crippen LogP contribution in [0.4, 0.5) is 0 Å². The first-order valence-corrected chi connectivity index (χ1v) is 7.27. The predicted octanol–water partition coefficient (Wildman–Crippen LogP) is 3.05. The molecule has 3 heteroatoms. The molecule has 1 unspecified atom stereocenters.